The predicted octanol–water partition coefficient (Wildman–Crippen LogP) is 4.80. The summed E-state index contributed by atoms with van der Waals surface area (Å²) in [7, 11) is 0. The molecule has 0 saturated carbocycles. The van der Waals surface area contributed by atoms with E-state index >= 15 is 0 Å². The van der Waals surface area contributed by atoms with Crippen molar-refractivity contribution < 1.29 is 4.79 Å². The summed E-state index contributed by atoms with van der Waals surface area (Å²) in [6.07, 6.45) is 4.37. The van der Waals surface area contributed by atoms with Gasteiger partial charge in [0, 0.05) is 23.6 Å². The zero-order chi connectivity index (χ0) is 18.8. The number of aromatic nitrogens is 2. The highest BCUT2D eigenvalue weighted by molar-refractivity contribution is 5.93. The highest BCUT2D eigenvalue weighted by atomic mass is 16.1. The van der Waals surface area contributed by atoms with Gasteiger partial charge in [0.15, 0.2) is 0 Å². The first-order valence-corrected chi connectivity index (χ1v) is 8.99. The number of anilines is 1. The summed E-state index contributed by atoms with van der Waals surface area (Å²) in [5, 5.41) is 3.04. The van der Waals surface area contributed by atoms with Crippen LogP contribution in [0.15, 0.2) is 73.1 Å². The molecule has 0 aliphatic rings. The summed E-state index contributed by atoms with van der Waals surface area (Å²) in [5.74, 6) is -0.0210. The molecule has 0 aliphatic carbocycles. The van der Waals surface area contributed by atoms with Crippen LogP contribution in [0.5, 0.6) is 0 Å². The Labute approximate surface area is 158 Å². The number of carbonyl (C=O) groups excluding carboxylic acids is 1. The lowest BCUT2D eigenvalue weighted by molar-refractivity contribution is -0.115. The molecule has 4 aromatic rings. The number of hydrogen-bond donors (Lipinski definition) is 1. The lowest BCUT2D eigenvalue weighted by atomic mass is 10.1. The van der Waals surface area contributed by atoms with Gasteiger partial charge in [-0.05, 0) is 42.7 Å². The molecule has 1 N–H and O–H groups in total. The molecule has 2 heterocycles. The van der Waals surface area contributed by atoms with Crippen LogP contribution in [-0.4, -0.2) is 15.3 Å². The standard InChI is InChI=1S/C23H21N3O/c1-16-10-11-19(21-15-26-12-6-7-17(2)23(26)25-21)14-20(16)24-22(27)13-18-8-4-3-5-9-18/h3-12,14-15H,13H2,1-2H3,(H,24,27). The fourth-order valence-electron chi connectivity index (χ4n) is 3.18. The topological polar surface area (TPSA) is 46.4 Å². The molecule has 27 heavy (non-hydrogen) atoms. The maximum Gasteiger partial charge on any atom is 0.228 e. The van der Waals surface area contributed by atoms with Gasteiger partial charge >= 0.3 is 0 Å². The van der Waals surface area contributed by atoms with Gasteiger partial charge in [-0.15, -0.1) is 0 Å². The molecule has 0 unspecified atom stereocenters. The Balaban J connectivity index is 1.61. The minimum Gasteiger partial charge on any atom is -0.326 e. The summed E-state index contributed by atoms with van der Waals surface area (Å²) in [6.45, 7) is 4.05. The Morgan fingerprint density at radius 1 is 1.00 bits per heavy atom. The number of benzene rings is 2. The number of nitrogens with zero attached hydrogens (tertiary/aromatic N) is 2. The summed E-state index contributed by atoms with van der Waals surface area (Å²) in [6, 6.07) is 19.9. The van der Waals surface area contributed by atoms with Gasteiger partial charge in [0.2, 0.25) is 5.91 Å². The zero-order valence-corrected chi connectivity index (χ0v) is 15.4. The van der Waals surface area contributed by atoms with Crippen molar-refractivity contribution in [1.82, 2.24) is 9.38 Å². The predicted molar refractivity (Wildman–Crippen MR) is 109 cm³/mol. The van der Waals surface area contributed by atoms with Crippen molar-refractivity contribution >= 4 is 17.2 Å². The molecular formula is C23H21N3O. The van der Waals surface area contributed by atoms with Crippen LogP contribution in [0.1, 0.15) is 16.7 Å². The van der Waals surface area contributed by atoms with Crippen molar-refractivity contribution in [2.75, 3.05) is 5.32 Å². The Morgan fingerprint density at radius 3 is 2.59 bits per heavy atom. The monoisotopic (exact) mass is 355 g/mol. The van der Waals surface area contributed by atoms with Gasteiger partial charge in [0.05, 0.1) is 12.1 Å². The van der Waals surface area contributed by atoms with Crippen LogP contribution in [0.2, 0.25) is 0 Å². The van der Waals surface area contributed by atoms with E-state index in [-0.39, 0.29) is 5.91 Å². The molecule has 134 valence electrons. The van der Waals surface area contributed by atoms with Gasteiger partial charge in [-0.3, -0.25) is 4.79 Å². The summed E-state index contributed by atoms with van der Waals surface area (Å²) in [5.41, 5.74) is 6.80. The van der Waals surface area contributed by atoms with E-state index in [0.29, 0.717) is 6.42 Å². The van der Waals surface area contributed by atoms with Crippen molar-refractivity contribution in [3.8, 4) is 11.3 Å². The van der Waals surface area contributed by atoms with Gasteiger partial charge in [0.1, 0.15) is 5.65 Å². The summed E-state index contributed by atoms with van der Waals surface area (Å²) < 4.78 is 2.03. The van der Waals surface area contributed by atoms with Gasteiger partial charge in [-0.25, -0.2) is 4.98 Å². The van der Waals surface area contributed by atoms with Crippen LogP contribution >= 0.6 is 0 Å². The first-order valence-electron chi connectivity index (χ1n) is 8.99. The molecule has 0 atom stereocenters. The van der Waals surface area contributed by atoms with Gasteiger partial charge < -0.3 is 9.72 Å². The highest BCUT2D eigenvalue weighted by Crippen LogP contribution is 2.26. The lowest BCUT2D eigenvalue weighted by Gasteiger charge is -2.10. The van der Waals surface area contributed by atoms with Crippen LogP contribution in [0.3, 0.4) is 0 Å². The molecule has 0 saturated heterocycles. The van der Waals surface area contributed by atoms with Crippen LogP contribution < -0.4 is 5.32 Å². The first-order chi connectivity index (χ1) is 13.1. The van der Waals surface area contributed by atoms with E-state index in [0.717, 1.165) is 39.3 Å². The molecule has 0 spiro atoms. The molecule has 0 aliphatic heterocycles. The molecule has 2 aromatic carbocycles. The molecule has 0 radical (unpaired) electrons. The molecule has 1 amide bonds. The van der Waals surface area contributed by atoms with Crippen LogP contribution in [0.25, 0.3) is 16.9 Å². The Kier molecular flexibility index (Phi) is 4.47. The van der Waals surface area contributed by atoms with Crippen molar-refractivity contribution in [2.24, 2.45) is 0 Å². The number of rotatable bonds is 4. The summed E-state index contributed by atoms with van der Waals surface area (Å²) >= 11 is 0. The third kappa shape index (κ3) is 3.60. The fraction of sp³-hybridized carbons (Fsp3) is 0.130. The second-order valence-electron chi connectivity index (χ2n) is 6.79. The van der Waals surface area contributed by atoms with E-state index in [1.165, 1.54) is 0 Å². The van der Waals surface area contributed by atoms with Crippen molar-refractivity contribution in [3.63, 3.8) is 0 Å². The number of imidazole rings is 1. The molecule has 4 nitrogen and oxygen atoms in total. The van der Waals surface area contributed by atoms with Gasteiger partial charge in [0.25, 0.3) is 0 Å². The molecule has 4 heteroatoms. The van der Waals surface area contributed by atoms with Crippen LogP contribution in [0, 0.1) is 13.8 Å². The SMILES string of the molecule is Cc1ccc(-c2cn3cccc(C)c3n2)cc1NC(=O)Cc1ccccc1. The fourth-order valence-corrected chi connectivity index (χ4v) is 3.18. The number of fused-ring (bicyclic) bond motifs is 1. The lowest BCUT2D eigenvalue weighted by Crippen LogP contribution is -2.15. The number of amides is 1. The molecular weight excluding hydrogens is 334 g/mol. The Bertz CT molecular complexity index is 1110. The van der Waals surface area contributed by atoms with Crippen molar-refractivity contribution in [2.45, 2.75) is 20.3 Å². The molecule has 0 fully saturated rings. The normalized spacial score (nSPS) is 10.9. The van der Waals surface area contributed by atoms with E-state index in [2.05, 4.69) is 18.3 Å². The summed E-state index contributed by atoms with van der Waals surface area (Å²) in [4.78, 5) is 17.2. The molecule has 4 rings (SSSR count). The minimum atomic E-state index is -0.0210. The van der Waals surface area contributed by atoms with Gasteiger partial charge in [-0.1, -0.05) is 48.5 Å². The van der Waals surface area contributed by atoms with Crippen molar-refractivity contribution in [3.05, 3.63) is 89.7 Å². The smallest absolute Gasteiger partial charge is 0.228 e. The second-order valence-corrected chi connectivity index (χ2v) is 6.79. The quantitative estimate of drug-likeness (QED) is 0.571. The Morgan fingerprint density at radius 2 is 1.81 bits per heavy atom. The number of pyridine rings is 1. The number of hydrogen-bond acceptors (Lipinski definition) is 2. The highest BCUT2D eigenvalue weighted by Gasteiger charge is 2.10. The second kappa shape index (κ2) is 7.08. The Hall–Kier alpha value is -3.40. The molecule has 0 bridgehead atoms. The van der Waals surface area contributed by atoms with Crippen molar-refractivity contribution in [1.29, 1.82) is 0 Å². The minimum absolute atomic E-state index is 0.0210. The van der Waals surface area contributed by atoms with Crippen LogP contribution in [-0.2, 0) is 11.2 Å². The third-order valence-electron chi connectivity index (χ3n) is 4.69. The van der Waals surface area contributed by atoms with E-state index in [1.807, 2.05) is 78.3 Å². The zero-order valence-electron chi connectivity index (χ0n) is 15.4. The van der Waals surface area contributed by atoms with E-state index in [4.69, 9.17) is 4.98 Å². The maximum atomic E-state index is 12.4. The largest absolute Gasteiger partial charge is 0.326 e. The third-order valence-corrected chi connectivity index (χ3v) is 4.69. The van der Waals surface area contributed by atoms with Gasteiger partial charge in [-0.2, -0.15) is 0 Å². The van der Waals surface area contributed by atoms with E-state index < -0.39 is 0 Å². The average Bonchev–Trinajstić information content (AvgIpc) is 3.10. The average molecular weight is 355 g/mol. The number of nitrogens with one attached hydrogen (secondary N) is 1. The van der Waals surface area contributed by atoms with E-state index in [1.54, 1.807) is 0 Å². The maximum absolute atomic E-state index is 12.4. The molecule has 2 aromatic heterocycles. The first kappa shape index (κ1) is 17.0. The number of carbonyl (C=O) groups is 1. The number of aryl methyl sites for hydroxylation is 2. The van der Waals surface area contributed by atoms with Crippen LogP contribution in [0.4, 0.5) is 5.69 Å². The van der Waals surface area contributed by atoms with E-state index in [9.17, 15) is 4.79 Å².